The minimum Gasteiger partial charge on any atom is -0.481 e. The molecule has 0 atom stereocenters. The topological polar surface area (TPSA) is 40.5 Å². The zero-order valence-corrected chi connectivity index (χ0v) is 15.4. The number of hydrogen-bond acceptors (Lipinski definition) is 2. The fraction of sp³-hybridized carbons (Fsp3) is 0.208. The van der Waals surface area contributed by atoms with E-state index in [9.17, 15) is 4.79 Å². The Morgan fingerprint density at radius 3 is 1.74 bits per heavy atom. The zero-order chi connectivity index (χ0) is 18.9. The van der Waals surface area contributed by atoms with Gasteiger partial charge >= 0.3 is 5.97 Å². The van der Waals surface area contributed by atoms with Crippen molar-refractivity contribution in [2.24, 2.45) is 0 Å². The number of aliphatic carboxylic acids is 1. The molecule has 0 heterocycles. The maximum Gasteiger partial charge on any atom is 0.304 e. The van der Waals surface area contributed by atoms with Gasteiger partial charge in [-0.25, -0.2) is 0 Å². The first-order chi connectivity index (χ1) is 13.2. The molecule has 3 nitrogen and oxygen atoms in total. The van der Waals surface area contributed by atoms with Gasteiger partial charge in [-0.05, 0) is 16.7 Å². The second kappa shape index (κ2) is 9.70. The molecular formula is C24H25NO2. The number of carbonyl (C=O) groups is 1. The standard InChI is InChI=1S/C24H25NO2/c26-24(27)16-17-25(18-20-10-4-1-5-11-20)19-23(21-12-6-2-7-13-21)22-14-8-3-9-15-22/h1-15,23H,16-19H2,(H,26,27). The van der Waals surface area contributed by atoms with Crippen LogP contribution in [-0.4, -0.2) is 29.1 Å². The van der Waals surface area contributed by atoms with Crippen LogP contribution in [0.5, 0.6) is 0 Å². The van der Waals surface area contributed by atoms with Crippen LogP contribution in [0.25, 0.3) is 0 Å². The number of hydrogen-bond donors (Lipinski definition) is 1. The Hall–Kier alpha value is -2.91. The van der Waals surface area contributed by atoms with Crippen molar-refractivity contribution in [1.29, 1.82) is 0 Å². The Morgan fingerprint density at radius 2 is 1.26 bits per heavy atom. The number of carboxylic acid groups (broad SMARTS) is 1. The van der Waals surface area contributed by atoms with Crippen LogP contribution in [0.1, 0.15) is 29.0 Å². The Kier molecular flexibility index (Phi) is 6.78. The molecule has 0 fully saturated rings. The predicted molar refractivity (Wildman–Crippen MR) is 109 cm³/mol. The summed E-state index contributed by atoms with van der Waals surface area (Å²) >= 11 is 0. The first-order valence-corrected chi connectivity index (χ1v) is 9.30. The van der Waals surface area contributed by atoms with Crippen LogP contribution in [0.2, 0.25) is 0 Å². The van der Waals surface area contributed by atoms with E-state index in [-0.39, 0.29) is 12.3 Å². The van der Waals surface area contributed by atoms with Crippen molar-refractivity contribution in [3.05, 3.63) is 108 Å². The Labute approximate surface area is 160 Å². The Balaban J connectivity index is 1.85. The van der Waals surface area contributed by atoms with E-state index in [2.05, 4.69) is 65.6 Å². The van der Waals surface area contributed by atoms with Crippen LogP contribution >= 0.6 is 0 Å². The third kappa shape index (κ3) is 5.80. The van der Waals surface area contributed by atoms with Gasteiger partial charge in [-0.1, -0.05) is 91.0 Å². The van der Waals surface area contributed by atoms with Gasteiger partial charge in [-0.15, -0.1) is 0 Å². The van der Waals surface area contributed by atoms with Gasteiger partial charge < -0.3 is 5.11 Å². The SMILES string of the molecule is O=C(O)CCN(Cc1ccccc1)CC(c1ccccc1)c1ccccc1. The van der Waals surface area contributed by atoms with Crippen LogP contribution in [0.15, 0.2) is 91.0 Å². The lowest BCUT2D eigenvalue weighted by molar-refractivity contribution is -0.137. The summed E-state index contributed by atoms with van der Waals surface area (Å²) < 4.78 is 0. The van der Waals surface area contributed by atoms with E-state index in [0.717, 1.165) is 13.1 Å². The largest absolute Gasteiger partial charge is 0.481 e. The lowest BCUT2D eigenvalue weighted by atomic mass is 9.90. The van der Waals surface area contributed by atoms with E-state index >= 15 is 0 Å². The molecule has 3 rings (SSSR count). The van der Waals surface area contributed by atoms with Gasteiger partial charge in [0.15, 0.2) is 0 Å². The van der Waals surface area contributed by atoms with Crippen molar-refractivity contribution >= 4 is 5.97 Å². The highest BCUT2D eigenvalue weighted by Crippen LogP contribution is 2.26. The molecule has 0 bridgehead atoms. The van der Waals surface area contributed by atoms with Gasteiger partial charge in [0.25, 0.3) is 0 Å². The van der Waals surface area contributed by atoms with Gasteiger partial charge in [-0.2, -0.15) is 0 Å². The number of rotatable bonds is 9. The second-order valence-electron chi connectivity index (χ2n) is 6.74. The van der Waals surface area contributed by atoms with Crippen LogP contribution in [0.4, 0.5) is 0 Å². The minimum absolute atomic E-state index is 0.142. The fourth-order valence-corrected chi connectivity index (χ4v) is 3.36. The number of benzene rings is 3. The molecule has 0 aliphatic heterocycles. The van der Waals surface area contributed by atoms with Crippen molar-refractivity contribution in [2.45, 2.75) is 18.9 Å². The van der Waals surface area contributed by atoms with Gasteiger partial charge in [0, 0.05) is 25.6 Å². The van der Waals surface area contributed by atoms with E-state index in [0.29, 0.717) is 6.54 Å². The fourth-order valence-electron chi connectivity index (χ4n) is 3.36. The average molecular weight is 359 g/mol. The molecule has 0 amide bonds. The lowest BCUT2D eigenvalue weighted by Crippen LogP contribution is -2.31. The zero-order valence-electron chi connectivity index (χ0n) is 15.4. The summed E-state index contributed by atoms with van der Waals surface area (Å²) in [6.45, 7) is 2.04. The molecule has 3 heteroatoms. The number of carboxylic acids is 1. The molecule has 0 saturated heterocycles. The summed E-state index contributed by atoms with van der Waals surface area (Å²) in [7, 11) is 0. The molecule has 138 valence electrons. The molecule has 3 aromatic rings. The highest BCUT2D eigenvalue weighted by atomic mass is 16.4. The van der Waals surface area contributed by atoms with Crippen LogP contribution in [-0.2, 0) is 11.3 Å². The smallest absolute Gasteiger partial charge is 0.304 e. The summed E-state index contributed by atoms with van der Waals surface area (Å²) in [5, 5.41) is 9.17. The predicted octanol–water partition coefficient (Wildman–Crippen LogP) is 4.80. The summed E-state index contributed by atoms with van der Waals surface area (Å²) in [4.78, 5) is 13.4. The van der Waals surface area contributed by atoms with E-state index in [1.165, 1.54) is 16.7 Å². The molecule has 0 aliphatic rings. The monoisotopic (exact) mass is 359 g/mol. The van der Waals surface area contributed by atoms with Gasteiger partial charge in [-0.3, -0.25) is 9.69 Å². The molecule has 0 radical (unpaired) electrons. The highest BCUT2D eigenvalue weighted by Gasteiger charge is 2.19. The van der Waals surface area contributed by atoms with Crippen molar-refractivity contribution < 1.29 is 9.90 Å². The van der Waals surface area contributed by atoms with Crippen molar-refractivity contribution in [1.82, 2.24) is 4.90 Å². The van der Waals surface area contributed by atoms with E-state index in [4.69, 9.17) is 5.11 Å². The van der Waals surface area contributed by atoms with Crippen LogP contribution < -0.4 is 0 Å². The number of nitrogens with zero attached hydrogens (tertiary/aromatic N) is 1. The molecule has 0 spiro atoms. The molecule has 3 aromatic carbocycles. The first kappa shape index (κ1) is 18.9. The Morgan fingerprint density at radius 1 is 0.778 bits per heavy atom. The average Bonchev–Trinajstić information content (AvgIpc) is 2.72. The van der Waals surface area contributed by atoms with Gasteiger partial charge in [0.2, 0.25) is 0 Å². The van der Waals surface area contributed by atoms with Crippen molar-refractivity contribution in [2.75, 3.05) is 13.1 Å². The maximum absolute atomic E-state index is 11.2. The maximum atomic E-state index is 11.2. The molecule has 27 heavy (non-hydrogen) atoms. The van der Waals surface area contributed by atoms with Gasteiger partial charge in [0.05, 0.1) is 6.42 Å². The Bertz CT molecular complexity index is 779. The summed E-state index contributed by atoms with van der Waals surface area (Å²) in [5.41, 5.74) is 3.69. The summed E-state index contributed by atoms with van der Waals surface area (Å²) in [6, 6.07) is 31.1. The van der Waals surface area contributed by atoms with Gasteiger partial charge in [0.1, 0.15) is 0 Å². The van der Waals surface area contributed by atoms with E-state index < -0.39 is 5.97 Å². The normalized spacial score (nSPS) is 11.0. The summed E-state index contributed by atoms with van der Waals surface area (Å²) in [6.07, 6.45) is 0.142. The lowest BCUT2D eigenvalue weighted by Gasteiger charge is -2.28. The van der Waals surface area contributed by atoms with E-state index in [1.807, 2.05) is 30.3 Å². The van der Waals surface area contributed by atoms with Crippen molar-refractivity contribution in [3.8, 4) is 0 Å². The third-order valence-corrected chi connectivity index (χ3v) is 4.74. The third-order valence-electron chi connectivity index (χ3n) is 4.74. The molecule has 0 aliphatic carbocycles. The molecule has 0 unspecified atom stereocenters. The second-order valence-corrected chi connectivity index (χ2v) is 6.74. The molecule has 0 aromatic heterocycles. The molecule has 1 N–H and O–H groups in total. The molecular weight excluding hydrogens is 334 g/mol. The summed E-state index contributed by atoms with van der Waals surface area (Å²) in [5.74, 6) is -0.561. The highest BCUT2D eigenvalue weighted by molar-refractivity contribution is 5.66. The van der Waals surface area contributed by atoms with E-state index in [1.54, 1.807) is 0 Å². The molecule has 0 saturated carbocycles. The van der Waals surface area contributed by atoms with Crippen LogP contribution in [0.3, 0.4) is 0 Å². The quantitative estimate of drug-likeness (QED) is 0.597. The van der Waals surface area contributed by atoms with Crippen molar-refractivity contribution in [3.63, 3.8) is 0 Å². The minimum atomic E-state index is -0.760. The van der Waals surface area contributed by atoms with Crippen LogP contribution in [0, 0.1) is 0 Å². The first-order valence-electron chi connectivity index (χ1n) is 9.30.